The maximum Gasteiger partial charge on any atom is 0.335 e. The molecule has 0 atom stereocenters. The van der Waals surface area contributed by atoms with E-state index >= 15 is 0 Å². The number of aromatic carboxylic acids is 1. The molecule has 3 rings (SSSR count). The van der Waals surface area contributed by atoms with Crippen LogP contribution in [-0.4, -0.2) is 33.8 Å². The van der Waals surface area contributed by atoms with Crippen molar-refractivity contribution in [2.45, 2.75) is 33.7 Å². The van der Waals surface area contributed by atoms with Crippen LogP contribution in [0.1, 0.15) is 58.8 Å². The third-order valence-electron chi connectivity index (χ3n) is 5.37. The first-order valence-corrected chi connectivity index (χ1v) is 6.86. The number of carbonyl (C=O) groups is 3. The number of hydrogen-bond acceptors (Lipinski definition) is 3. The lowest BCUT2D eigenvalue weighted by Gasteiger charge is -2.16. The molecule has 1 aromatic carbocycles. The van der Waals surface area contributed by atoms with Crippen molar-refractivity contribution in [2.75, 3.05) is 0 Å². The van der Waals surface area contributed by atoms with E-state index in [0.717, 1.165) is 0 Å². The third-order valence-corrected chi connectivity index (χ3v) is 5.37. The van der Waals surface area contributed by atoms with Crippen LogP contribution in [0.4, 0.5) is 0 Å². The summed E-state index contributed by atoms with van der Waals surface area (Å²) < 4.78 is 0. The average Bonchev–Trinajstić information content (AvgIpc) is 2.67. The maximum absolute atomic E-state index is 12.6. The fraction of sp³-hybridized carbons (Fsp3) is 0.438. The number of carboxylic acid groups (broad SMARTS) is 1. The lowest BCUT2D eigenvalue weighted by Crippen LogP contribution is -2.35. The molecular weight excluding hydrogens is 270 g/mol. The molecule has 110 valence electrons. The van der Waals surface area contributed by atoms with Gasteiger partial charge in [0.25, 0.3) is 11.8 Å². The van der Waals surface area contributed by atoms with Gasteiger partial charge in [-0.1, -0.05) is 27.7 Å². The van der Waals surface area contributed by atoms with Crippen molar-refractivity contribution in [3.63, 3.8) is 0 Å². The zero-order valence-corrected chi connectivity index (χ0v) is 12.4. The molecule has 0 aromatic heterocycles. The van der Waals surface area contributed by atoms with E-state index in [4.69, 9.17) is 5.11 Å². The predicted molar refractivity (Wildman–Crippen MR) is 75.3 cm³/mol. The molecule has 1 aromatic rings. The molecule has 0 bridgehead atoms. The molecule has 1 aliphatic carbocycles. The van der Waals surface area contributed by atoms with Crippen LogP contribution in [0.3, 0.4) is 0 Å². The number of amides is 2. The molecular formula is C16H17NO4. The van der Waals surface area contributed by atoms with E-state index in [1.165, 1.54) is 23.1 Å². The number of rotatable bonds is 2. The Morgan fingerprint density at radius 1 is 1.05 bits per heavy atom. The maximum atomic E-state index is 12.6. The summed E-state index contributed by atoms with van der Waals surface area (Å²) in [5, 5.41) is 9.01. The van der Waals surface area contributed by atoms with Crippen LogP contribution in [0.25, 0.3) is 0 Å². The molecule has 1 aliphatic heterocycles. The fourth-order valence-corrected chi connectivity index (χ4v) is 3.43. The number of imide groups is 1. The van der Waals surface area contributed by atoms with Crippen molar-refractivity contribution in [2.24, 2.45) is 10.8 Å². The minimum absolute atomic E-state index is 0.0195. The Balaban J connectivity index is 2.05. The van der Waals surface area contributed by atoms with Crippen molar-refractivity contribution in [3.05, 3.63) is 34.9 Å². The number of nitrogens with zero attached hydrogens (tertiary/aromatic N) is 1. The molecule has 1 heterocycles. The second-order valence-corrected chi connectivity index (χ2v) is 6.89. The molecule has 0 unspecified atom stereocenters. The van der Waals surface area contributed by atoms with E-state index < -0.39 is 5.97 Å². The van der Waals surface area contributed by atoms with Crippen molar-refractivity contribution in [3.8, 4) is 0 Å². The molecule has 1 saturated carbocycles. The van der Waals surface area contributed by atoms with Crippen LogP contribution in [0.15, 0.2) is 18.2 Å². The predicted octanol–water partition coefficient (Wildman–Crippen LogP) is 2.42. The van der Waals surface area contributed by atoms with Gasteiger partial charge in [0.15, 0.2) is 0 Å². The standard InChI is InChI=1S/C16H17NO4/c1-15(2)14(16(15,3)4)17-11(18)9-6-5-8(13(20)21)7-10(9)12(17)19/h5-7,14H,1-4H3,(H,20,21). The van der Waals surface area contributed by atoms with Crippen LogP contribution in [0.5, 0.6) is 0 Å². The molecule has 2 aliphatic rings. The van der Waals surface area contributed by atoms with Gasteiger partial charge in [-0.05, 0) is 29.0 Å². The second kappa shape index (κ2) is 3.72. The molecule has 0 saturated heterocycles. The molecule has 2 amide bonds. The van der Waals surface area contributed by atoms with Gasteiger partial charge in [-0.3, -0.25) is 14.5 Å². The SMILES string of the molecule is CC1(C)C(N2C(=O)c3ccc(C(=O)O)cc3C2=O)C1(C)C. The first kappa shape index (κ1) is 13.8. The fourth-order valence-electron chi connectivity index (χ4n) is 3.43. The minimum atomic E-state index is -1.11. The van der Waals surface area contributed by atoms with E-state index in [0.29, 0.717) is 5.56 Å². The smallest absolute Gasteiger partial charge is 0.335 e. The van der Waals surface area contributed by atoms with Gasteiger partial charge < -0.3 is 5.11 Å². The zero-order chi connectivity index (χ0) is 15.7. The highest BCUT2D eigenvalue weighted by Crippen LogP contribution is 2.66. The summed E-state index contributed by atoms with van der Waals surface area (Å²) in [6.07, 6.45) is 0. The molecule has 5 heteroatoms. The van der Waals surface area contributed by atoms with Gasteiger partial charge in [0.2, 0.25) is 0 Å². The van der Waals surface area contributed by atoms with Gasteiger partial charge in [0.05, 0.1) is 22.7 Å². The number of hydrogen-bond donors (Lipinski definition) is 1. The summed E-state index contributed by atoms with van der Waals surface area (Å²) in [5.74, 6) is -1.82. The van der Waals surface area contributed by atoms with Crippen molar-refractivity contribution in [1.29, 1.82) is 0 Å². The Morgan fingerprint density at radius 3 is 2.05 bits per heavy atom. The first-order chi connectivity index (χ1) is 9.60. The number of carboxylic acids is 1. The third kappa shape index (κ3) is 1.54. The molecule has 1 fully saturated rings. The van der Waals surface area contributed by atoms with Crippen molar-refractivity contribution < 1.29 is 19.5 Å². The van der Waals surface area contributed by atoms with Gasteiger partial charge in [-0.2, -0.15) is 0 Å². The van der Waals surface area contributed by atoms with Gasteiger partial charge in [-0.25, -0.2) is 4.79 Å². The van der Waals surface area contributed by atoms with Crippen LogP contribution >= 0.6 is 0 Å². The first-order valence-electron chi connectivity index (χ1n) is 6.86. The largest absolute Gasteiger partial charge is 0.478 e. The van der Waals surface area contributed by atoms with E-state index in [1.807, 2.05) is 27.7 Å². The summed E-state index contributed by atoms with van der Waals surface area (Å²) in [6.45, 7) is 8.13. The second-order valence-electron chi connectivity index (χ2n) is 6.89. The van der Waals surface area contributed by atoms with Crippen LogP contribution in [0.2, 0.25) is 0 Å². The van der Waals surface area contributed by atoms with E-state index in [2.05, 4.69) is 0 Å². The van der Waals surface area contributed by atoms with E-state index in [-0.39, 0.29) is 39.8 Å². The number of benzene rings is 1. The highest BCUT2D eigenvalue weighted by atomic mass is 16.4. The van der Waals surface area contributed by atoms with Crippen molar-refractivity contribution in [1.82, 2.24) is 4.90 Å². The molecule has 1 N–H and O–H groups in total. The van der Waals surface area contributed by atoms with E-state index in [1.54, 1.807) is 0 Å². The lowest BCUT2D eigenvalue weighted by atomic mass is 10.0. The van der Waals surface area contributed by atoms with Crippen LogP contribution < -0.4 is 0 Å². The summed E-state index contributed by atoms with van der Waals surface area (Å²) in [6, 6.07) is 3.92. The van der Waals surface area contributed by atoms with Gasteiger partial charge in [-0.15, -0.1) is 0 Å². The molecule has 21 heavy (non-hydrogen) atoms. The Kier molecular flexibility index (Phi) is 2.45. The highest BCUT2D eigenvalue weighted by Gasteiger charge is 2.70. The molecule has 5 nitrogen and oxygen atoms in total. The van der Waals surface area contributed by atoms with Crippen molar-refractivity contribution >= 4 is 17.8 Å². The topological polar surface area (TPSA) is 74.7 Å². The zero-order valence-electron chi connectivity index (χ0n) is 12.4. The minimum Gasteiger partial charge on any atom is -0.478 e. The van der Waals surface area contributed by atoms with Gasteiger partial charge >= 0.3 is 5.97 Å². The summed E-state index contributed by atoms with van der Waals surface area (Å²) in [7, 11) is 0. The molecule has 0 spiro atoms. The Bertz CT molecular complexity index is 688. The van der Waals surface area contributed by atoms with Crippen LogP contribution in [-0.2, 0) is 0 Å². The lowest BCUT2D eigenvalue weighted by molar-refractivity contribution is 0.0612. The number of fused-ring (bicyclic) bond motifs is 1. The average molecular weight is 287 g/mol. The number of carbonyl (C=O) groups excluding carboxylic acids is 2. The van der Waals surface area contributed by atoms with E-state index in [9.17, 15) is 14.4 Å². The Hall–Kier alpha value is -2.17. The van der Waals surface area contributed by atoms with Gasteiger partial charge in [0.1, 0.15) is 0 Å². The molecule has 0 radical (unpaired) electrons. The monoisotopic (exact) mass is 287 g/mol. The summed E-state index contributed by atoms with van der Waals surface area (Å²) in [5.41, 5.74) is 0.222. The van der Waals surface area contributed by atoms with Gasteiger partial charge in [0, 0.05) is 0 Å². The Labute approximate surface area is 122 Å². The highest BCUT2D eigenvalue weighted by molar-refractivity contribution is 6.22. The quantitative estimate of drug-likeness (QED) is 0.848. The summed E-state index contributed by atoms with van der Waals surface area (Å²) >= 11 is 0. The normalized spacial score (nSPS) is 22.4. The Morgan fingerprint density at radius 2 is 1.57 bits per heavy atom. The van der Waals surface area contributed by atoms with Crippen LogP contribution in [0, 0.1) is 10.8 Å². The summed E-state index contributed by atoms with van der Waals surface area (Å²) in [4.78, 5) is 37.4.